The minimum atomic E-state index is -0.0260. The molecule has 0 radical (unpaired) electrons. The first-order valence-electron chi connectivity index (χ1n) is 12.4. The van der Waals surface area contributed by atoms with Gasteiger partial charge in [-0.05, 0) is 36.2 Å². The van der Waals surface area contributed by atoms with E-state index in [1.54, 1.807) is 20.3 Å². The summed E-state index contributed by atoms with van der Waals surface area (Å²) >= 11 is 0. The van der Waals surface area contributed by atoms with Crippen LogP contribution >= 0.6 is 0 Å². The fourth-order valence-electron chi connectivity index (χ4n) is 4.79. The summed E-state index contributed by atoms with van der Waals surface area (Å²) in [5.74, 6) is 1.73. The Morgan fingerprint density at radius 3 is 2.69 bits per heavy atom. The van der Waals surface area contributed by atoms with Crippen LogP contribution in [-0.4, -0.2) is 59.3 Å². The zero-order valence-electron chi connectivity index (χ0n) is 21.7. The SMILES string of the molecule is C=CCN1CCc2c(c(CN(CC(C)C)C(=O)c3cccc(OC)c3)nn2-c2ccccc2OC)C1. The number of hydrogen-bond donors (Lipinski definition) is 0. The van der Waals surface area contributed by atoms with Gasteiger partial charge in [0.25, 0.3) is 5.91 Å². The molecule has 0 bridgehead atoms. The van der Waals surface area contributed by atoms with Crippen molar-refractivity contribution in [1.82, 2.24) is 19.6 Å². The molecule has 1 aliphatic rings. The molecule has 1 aromatic heterocycles. The van der Waals surface area contributed by atoms with E-state index in [-0.39, 0.29) is 5.91 Å². The van der Waals surface area contributed by atoms with Crippen LogP contribution in [0.5, 0.6) is 11.5 Å². The van der Waals surface area contributed by atoms with Crippen LogP contribution in [-0.2, 0) is 19.5 Å². The number of carbonyl (C=O) groups is 1. The molecule has 0 spiro atoms. The number of nitrogens with zero attached hydrogens (tertiary/aromatic N) is 4. The predicted octanol–water partition coefficient (Wildman–Crippen LogP) is 4.73. The highest BCUT2D eigenvalue weighted by Gasteiger charge is 2.28. The van der Waals surface area contributed by atoms with Gasteiger partial charge in [-0.15, -0.1) is 6.58 Å². The molecule has 7 nitrogen and oxygen atoms in total. The lowest BCUT2D eigenvalue weighted by Crippen LogP contribution is -2.35. The number of hydrogen-bond acceptors (Lipinski definition) is 5. The van der Waals surface area contributed by atoms with Crippen molar-refractivity contribution < 1.29 is 14.3 Å². The van der Waals surface area contributed by atoms with Crippen molar-refractivity contribution in [3.8, 4) is 17.2 Å². The van der Waals surface area contributed by atoms with Crippen molar-refractivity contribution in [3.05, 3.63) is 83.7 Å². The molecule has 190 valence electrons. The highest BCUT2D eigenvalue weighted by atomic mass is 16.5. The van der Waals surface area contributed by atoms with E-state index >= 15 is 0 Å². The Kier molecular flexibility index (Phi) is 8.10. The highest BCUT2D eigenvalue weighted by molar-refractivity contribution is 5.94. The number of aromatic nitrogens is 2. The van der Waals surface area contributed by atoms with Crippen molar-refractivity contribution in [2.75, 3.05) is 33.9 Å². The van der Waals surface area contributed by atoms with Crippen molar-refractivity contribution in [1.29, 1.82) is 0 Å². The summed E-state index contributed by atoms with van der Waals surface area (Å²) in [7, 11) is 3.29. The van der Waals surface area contributed by atoms with Gasteiger partial charge >= 0.3 is 0 Å². The van der Waals surface area contributed by atoms with Gasteiger partial charge in [0.1, 0.15) is 17.2 Å². The van der Waals surface area contributed by atoms with Gasteiger partial charge in [0.2, 0.25) is 0 Å². The minimum Gasteiger partial charge on any atom is -0.497 e. The monoisotopic (exact) mass is 488 g/mol. The first-order chi connectivity index (χ1) is 17.4. The van der Waals surface area contributed by atoms with Gasteiger partial charge in [-0.2, -0.15) is 5.10 Å². The molecule has 4 rings (SSSR count). The third kappa shape index (κ3) is 5.46. The number of rotatable bonds is 10. The smallest absolute Gasteiger partial charge is 0.254 e. The van der Waals surface area contributed by atoms with Gasteiger partial charge in [-0.3, -0.25) is 9.69 Å². The summed E-state index contributed by atoms with van der Waals surface area (Å²) in [6.45, 7) is 11.7. The fraction of sp³-hybridized carbons (Fsp3) is 0.379. The van der Waals surface area contributed by atoms with E-state index in [1.807, 2.05) is 58.1 Å². The second-order valence-corrected chi connectivity index (χ2v) is 9.54. The lowest BCUT2D eigenvalue weighted by Gasteiger charge is -2.28. The summed E-state index contributed by atoms with van der Waals surface area (Å²) in [5, 5.41) is 5.09. The predicted molar refractivity (Wildman–Crippen MR) is 142 cm³/mol. The third-order valence-corrected chi connectivity index (χ3v) is 6.45. The summed E-state index contributed by atoms with van der Waals surface area (Å²) in [6, 6.07) is 15.3. The minimum absolute atomic E-state index is 0.0260. The zero-order valence-corrected chi connectivity index (χ0v) is 21.7. The maximum Gasteiger partial charge on any atom is 0.254 e. The van der Waals surface area contributed by atoms with Crippen LogP contribution in [0.25, 0.3) is 5.69 Å². The number of para-hydroxylation sites is 2. The van der Waals surface area contributed by atoms with Crippen molar-refractivity contribution in [2.24, 2.45) is 5.92 Å². The summed E-state index contributed by atoms with van der Waals surface area (Å²) < 4.78 is 13.0. The molecule has 2 aromatic carbocycles. The molecular weight excluding hydrogens is 452 g/mol. The quantitative estimate of drug-likeness (QED) is 0.386. The van der Waals surface area contributed by atoms with E-state index in [0.29, 0.717) is 30.3 Å². The molecule has 0 fully saturated rings. The average molecular weight is 489 g/mol. The van der Waals surface area contributed by atoms with Gasteiger partial charge < -0.3 is 14.4 Å². The van der Waals surface area contributed by atoms with E-state index < -0.39 is 0 Å². The zero-order chi connectivity index (χ0) is 25.7. The molecule has 0 atom stereocenters. The van der Waals surface area contributed by atoms with Crippen LogP contribution in [0.3, 0.4) is 0 Å². The maximum atomic E-state index is 13.7. The Bertz CT molecular complexity index is 1220. The van der Waals surface area contributed by atoms with E-state index in [0.717, 1.165) is 43.2 Å². The lowest BCUT2D eigenvalue weighted by atomic mass is 10.0. The highest BCUT2D eigenvalue weighted by Crippen LogP contribution is 2.30. The van der Waals surface area contributed by atoms with Crippen LogP contribution in [0.1, 0.15) is 41.2 Å². The van der Waals surface area contributed by atoms with Gasteiger partial charge in [0, 0.05) is 43.7 Å². The fourth-order valence-corrected chi connectivity index (χ4v) is 4.79. The van der Waals surface area contributed by atoms with Crippen LogP contribution in [0.15, 0.2) is 61.2 Å². The number of methoxy groups -OCH3 is 2. The second-order valence-electron chi connectivity index (χ2n) is 9.54. The molecule has 36 heavy (non-hydrogen) atoms. The molecule has 1 aliphatic heterocycles. The largest absolute Gasteiger partial charge is 0.497 e. The van der Waals surface area contributed by atoms with Crippen LogP contribution < -0.4 is 9.47 Å². The maximum absolute atomic E-state index is 13.7. The summed E-state index contributed by atoms with van der Waals surface area (Å²) in [5.41, 5.74) is 4.80. The molecule has 0 aliphatic carbocycles. The first kappa shape index (κ1) is 25.5. The van der Waals surface area contributed by atoms with E-state index in [1.165, 1.54) is 11.3 Å². The van der Waals surface area contributed by atoms with Crippen molar-refractivity contribution in [3.63, 3.8) is 0 Å². The summed E-state index contributed by atoms with van der Waals surface area (Å²) in [6.07, 6.45) is 2.80. The van der Waals surface area contributed by atoms with Crippen LogP contribution in [0, 0.1) is 5.92 Å². The number of carbonyl (C=O) groups excluding carboxylic acids is 1. The Morgan fingerprint density at radius 1 is 1.17 bits per heavy atom. The Labute approximate surface area is 213 Å². The van der Waals surface area contributed by atoms with E-state index in [2.05, 4.69) is 25.3 Å². The first-order valence-corrected chi connectivity index (χ1v) is 12.4. The number of benzene rings is 2. The average Bonchev–Trinajstić information content (AvgIpc) is 3.25. The molecule has 0 saturated carbocycles. The Hall–Kier alpha value is -3.58. The van der Waals surface area contributed by atoms with Crippen LogP contribution in [0.2, 0.25) is 0 Å². The van der Waals surface area contributed by atoms with E-state index in [4.69, 9.17) is 14.6 Å². The molecular formula is C29H36N4O3. The van der Waals surface area contributed by atoms with Gasteiger partial charge in [0.15, 0.2) is 0 Å². The van der Waals surface area contributed by atoms with Gasteiger partial charge in [-0.1, -0.05) is 38.1 Å². The van der Waals surface area contributed by atoms with Crippen molar-refractivity contribution in [2.45, 2.75) is 33.4 Å². The molecule has 0 N–H and O–H groups in total. The molecule has 0 saturated heterocycles. The second kappa shape index (κ2) is 11.4. The number of ether oxygens (including phenoxy) is 2. The van der Waals surface area contributed by atoms with Crippen molar-refractivity contribution >= 4 is 5.91 Å². The molecule has 1 amide bonds. The Balaban J connectivity index is 1.75. The van der Waals surface area contributed by atoms with Crippen LogP contribution in [0.4, 0.5) is 0 Å². The molecule has 2 heterocycles. The third-order valence-electron chi connectivity index (χ3n) is 6.45. The summed E-state index contributed by atoms with van der Waals surface area (Å²) in [4.78, 5) is 17.9. The number of fused-ring (bicyclic) bond motifs is 1. The molecule has 0 unspecified atom stereocenters. The van der Waals surface area contributed by atoms with Gasteiger partial charge in [-0.25, -0.2) is 4.68 Å². The standard InChI is InChI=1S/C29H36N4O3/c1-6-15-31-16-14-26-24(19-31)25(30-33(26)27-12-7-8-13-28(27)36-5)20-32(18-21(2)3)29(34)22-10-9-11-23(17-22)35-4/h6-13,17,21H,1,14-16,18-20H2,2-5H3. The topological polar surface area (TPSA) is 59.8 Å². The number of amides is 1. The van der Waals surface area contributed by atoms with Gasteiger partial charge in [0.05, 0.1) is 32.2 Å². The lowest BCUT2D eigenvalue weighted by molar-refractivity contribution is 0.0719. The molecule has 7 heteroatoms. The normalized spacial score (nSPS) is 13.4. The van der Waals surface area contributed by atoms with E-state index in [9.17, 15) is 4.79 Å². The Morgan fingerprint density at radius 2 is 1.97 bits per heavy atom. The molecule has 3 aromatic rings.